The number of hydrogen-bond acceptors (Lipinski definition) is 4. The van der Waals surface area contributed by atoms with Gasteiger partial charge < -0.3 is 10.0 Å². The number of nitrogens with zero attached hydrogens (tertiary/aromatic N) is 3. The number of amides is 2. The Labute approximate surface area is 97.0 Å². The van der Waals surface area contributed by atoms with Crippen molar-refractivity contribution >= 4 is 12.0 Å². The first-order valence-electron chi connectivity index (χ1n) is 5.07. The Hall–Kier alpha value is -2.09. The summed E-state index contributed by atoms with van der Waals surface area (Å²) in [7, 11) is 1.42. The van der Waals surface area contributed by atoms with Gasteiger partial charge in [-0.25, -0.2) is 10.6 Å². The van der Waals surface area contributed by atoms with Gasteiger partial charge in [-0.2, -0.15) is 5.10 Å². The monoisotopic (exact) mass is 239 g/mol. The van der Waals surface area contributed by atoms with Crippen LogP contribution in [0.2, 0.25) is 0 Å². The molecule has 4 N–H and O–H groups in total. The van der Waals surface area contributed by atoms with E-state index in [0.29, 0.717) is 18.5 Å². The van der Waals surface area contributed by atoms with Gasteiger partial charge in [-0.1, -0.05) is 0 Å². The zero-order valence-electron chi connectivity index (χ0n) is 9.30. The van der Waals surface area contributed by atoms with Gasteiger partial charge in [0.05, 0.1) is 6.54 Å². The van der Waals surface area contributed by atoms with Crippen molar-refractivity contribution in [1.29, 1.82) is 0 Å². The minimum absolute atomic E-state index is 0.163. The largest absolute Gasteiger partial charge is 0.465 e. The first-order chi connectivity index (χ1) is 8.00. The van der Waals surface area contributed by atoms with Crippen LogP contribution < -0.4 is 5.84 Å². The molecule has 8 heteroatoms. The van der Waals surface area contributed by atoms with E-state index in [1.54, 1.807) is 0 Å². The molecule has 2 amide bonds. The lowest BCUT2D eigenvalue weighted by Crippen LogP contribution is -2.37. The summed E-state index contributed by atoms with van der Waals surface area (Å²) in [5, 5.41) is 16.5. The van der Waals surface area contributed by atoms with E-state index in [0.717, 1.165) is 10.7 Å². The molecule has 0 unspecified atom stereocenters. The fraction of sp³-hybridized carbons (Fsp3) is 0.444. The maximum Gasteiger partial charge on any atom is 0.407 e. The standard InChI is InChI=1S/C9H13N5O3/c1-13(10)8(15)7-5-4-14(9(16)17)3-2-6(5)11-12-7/h2-4,10H2,1H3,(H,11,12)(H,16,17). The Morgan fingerprint density at radius 1 is 1.59 bits per heavy atom. The van der Waals surface area contributed by atoms with Crippen molar-refractivity contribution in [2.75, 3.05) is 13.6 Å². The lowest BCUT2D eigenvalue weighted by molar-refractivity contribution is 0.0785. The molecule has 0 bridgehead atoms. The van der Waals surface area contributed by atoms with Crippen molar-refractivity contribution in [3.63, 3.8) is 0 Å². The molecule has 1 aromatic rings. The maximum atomic E-state index is 11.7. The summed E-state index contributed by atoms with van der Waals surface area (Å²) in [5.74, 6) is 4.92. The van der Waals surface area contributed by atoms with Crippen LogP contribution in [0.5, 0.6) is 0 Å². The van der Waals surface area contributed by atoms with Crippen LogP contribution in [-0.2, 0) is 13.0 Å². The van der Waals surface area contributed by atoms with E-state index < -0.39 is 12.0 Å². The third-order valence-corrected chi connectivity index (χ3v) is 2.73. The van der Waals surface area contributed by atoms with Crippen LogP contribution in [0.1, 0.15) is 21.7 Å². The van der Waals surface area contributed by atoms with Gasteiger partial charge >= 0.3 is 6.09 Å². The van der Waals surface area contributed by atoms with E-state index in [-0.39, 0.29) is 12.2 Å². The number of carbonyl (C=O) groups excluding carboxylic acids is 1. The Morgan fingerprint density at radius 2 is 2.29 bits per heavy atom. The van der Waals surface area contributed by atoms with Crippen molar-refractivity contribution in [3.8, 4) is 0 Å². The van der Waals surface area contributed by atoms with Crippen LogP contribution in [0, 0.1) is 0 Å². The SMILES string of the molecule is CN(N)C(=O)c1n[nH]c2c1CN(C(=O)O)CC2. The predicted octanol–water partition coefficient (Wildman–Crippen LogP) is -0.608. The number of hydrazine groups is 1. The number of nitrogens with one attached hydrogen (secondary N) is 1. The highest BCUT2D eigenvalue weighted by Crippen LogP contribution is 2.20. The van der Waals surface area contributed by atoms with E-state index in [9.17, 15) is 9.59 Å². The highest BCUT2D eigenvalue weighted by molar-refractivity contribution is 5.93. The predicted molar refractivity (Wildman–Crippen MR) is 57.0 cm³/mol. The fourth-order valence-electron chi connectivity index (χ4n) is 1.80. The second-order valence-corrected chi connectivity index (χ2v) is 3.90. The molecule has 92 valence electrons. The van der Waals surface area contributed by atoms with Crippen LogP contribution in [-0.4, -0.2) is 50.8 Å². The fourth-order valence-corrected chi connectivity index (χ4v) is 1.80. The highest BCUT2D eigenvalue weighted by Gasteiger charge is 2.28. The highest BCUT2D eigenvalue weighted by atomic mass is 16.4. The third kappa shape index (κ3) is 1.94. The minimum Gasteiger partial charge on any atom is -0.465 e. The van der Waals surface area contributed by atoms with Gasteiger partial charge in [-0.3, -0.25) is 14.9 Å². The van der Waals surface area contributed by atoms with Gasteiger partial charge in [0, 0.05) is 31.3 Å². The topological polar surface area (TPSA) is 116 Å². The smallest absolute Gasteiger partial charge is 0.407 e. The second-order valence-electron chi connectivity index (χ2n) is 3.90. The number of aromatic nitrogens is 2. The van der Waals surface area contributed by atoms with Crippen molar-refractivity contribution in [3.05, 3.63) is 17.0 Å². The number of rotatable bonds is 1. The van der Waals surface area contributed by atoms with Gasteiger partial charge in [-0.15, -0.1) is 0 Å². The molecular formula is C9H13N5O3. The first-order valence-corrected chi connectivity index (χ1v) is 5.07. The Morgan fingerprint density at radius 3 is 2.88 bits per heavy atom. The number of carboxylic acid groups (broad SMARTS) is 1. The summed E-state index contributed by atoms with van der Waals surface area (Å²) in [6.45, 7) is 0.562. The molecule has 2 heterocycles. The average molecular weight is 239 g/mol. The average Bonchev–Trinajstić information content (AvgIpc) is 2.70. The number of carbonyl (C=O) groups is 2. The van der Waals surface area contributed by atoms with E-state index in [4.69, 9.17) is 10.9 Å². The van der Waals surface area contributed by atoms with Crippen LogP contribution in [0.4, 0.5) is 4.79 Å². The molecule has 2 rings (SSSR count). The van der Waals surface area contributed by atoms with Crippen LogP contribution in [0.25, 0.3) is 0 Å². The maximum absolute atomic E-state index is 11.7. The Balaban J connectivity index is 2.31. The molecule has 0 atom stereocenters. The van der Waals surface area contributed by atoms with E-state index in [1.165, 1.54) is 11.9 Å². The van der Waals surface area contributed by atoms with E-state index in [1.807, 2.05) is 0 Å². The summed E-state index contributed by atoms with van der Waals surface area (Å²) in [6, 6.07) is 0. The molecule has 17 heavy (non-hydrogen) atoms. The molecule has 1 aromatic heterocycles. The molecule has 0 aromatic carbocycles. The number of nitrogens with two attached hydrogens (primary N) is 1. The molecule has 0 saturated heterocycles. The van der Waals surface area contributed by atoms with Crippen molar-refractivity contribution in [2.45, 2.75) is 13.0 Å². The summed E-state index contributed by atoms with van der Waals surface area (Å²) in [5.41, 5.74) is 1.60. The summed E-state index contributed by atoms with van der Waals surface area (Å²) < 4.78 is 0. The molecule has 0 spiro atoms. The van der Waals surface area contributed by atoms with Crippen LogP contribution >= 0.6 is 0 Å². The van der Waals surface area contributed by atoms with Gasteiger partial charge in [0.15, 0.2) is 5.69 Å². The van der Waals surface area contributed by atoms with E-state index >= 15 is 0 Å². The number of hydrogen-bond donors (Lipinski definition) is 3. The van der Waals surface area contributed by atoms with E-state index in [2.05, 4.69) is 10.2 Å². The minimum atomic E-state index is -1.00. The third-order valence-electron chi connectivity index (χ3n) is 2.73. The lowest BCUT2D eigenvalue weighted by atomic mass is 10.1. The van der Waals surface area contributed by atoms with Crippen molar-refractivity contribution in [2.24, 2.45) is 5.84 Å². The normalized spacial score (nSPS) is 14.4. The molecule has 1 aliphatic heterocycles. The summed E-state index contributed by atoms with van der Waals surface area (Å²) in [6.07, 6.45) is -0.479. The Bertz CT molecular complexity index is 467. The molecule has 0 radical (unpaired) electrons. The zero-order chi connectivity index (χ0) is 12.6. The van der Waals surface area contributed by atoms with Gasteiger partial charge in [0.25, 0.3) is 5.91 Å². The Kier molecular flexibility index (Phi) is 2.72. The number of H-pyrrole nitrogens is 1. The molecule has 0 fully saturated rings. The summed E-state index contributed by atoms with van der Waals surface area (Å²) in [4.78, 5) is 23.8. The van der Waals surface area contributed by atoms with Crippen molar-refractivity contribution in [1.82, 2.24) is 20.1 Å². The molecule has 8 nitrogen and oxygen atoms in total. The number of fused-ring (bicyclic) bond motifs is 1. The van der Waals surface area contributed by atoms with Crippen molar-refractivity contribution < 1.29 is 14.7 Å². The zero-order valence-corrected chi connectivity index (χ0v) is 9.30. The first kappa shape index (κ1) is 11.4. The molecule has 1 aliphatic rings. The molecule has 0 aliphatic carbocycles. The number of aromatic amines is 1. The van der Waals surface area contributed by atoms with Gasteiger partial charge in [0.1, 0.15) is 0 Å². The van der Waals surface area contributed by atoms with Gasteiger partial charge in [-0.05, 0) is 0 Å². The quantitative estimate of drug-likeness (QED) is 0.343. The molecular weight excluding hydrogens is 226 g/mol. The lowest BCUT2D eigenvalue weighted by Gasteiger charge is -2.24. The summed E-state index contributed by atoms with van der Waals surface area (Å²) >= 11 is 0. The molecule has 0 saturated carbocycles. The van der Waals surface area contributed by atoms with Gasteiger partial charge in [0.2, 0.25) is 0 Å². The second kappa shape index (κ2) is 4.06. The van der Waals surface area contributed by atoms with Crippen LogP contribution in [0.3, 0.4) is 0 Å². The van der Waals surface area contributed by atoms with Crippen LogP contribution in [0.15, 0.2) is 0 Å².